The third kappa shape index (κ3) is 4.58. The number of carbonyl (C=O) groups is 2. The molecule has 0 fully saturated rings. The lowest BCUT2D eigenvalue weighted by Crippen LogP contribution is -2.43. The number of hydrogen-bond acceptors (Lipinski definition) is 3. The van der Waals surface area contributed by atoms with Crippen LogP contribution in [-0.2, 0) is 9.59 Å². The van der Waals surface area contributed by atoms with Gasteiger partial charge in [-0.15, -0.1) is 0 Å². The smallest absolute Gasteiger partial charge is 0.326 e. The van der Waals surface area contributed by atoms with Crippen molar-refractivity contribution in [2.75, 3.05) is 0 Å². The van der Waals surface area contributed by atoms with Crippen LogP contribution in [0, 0.1) is 17.2 Å². The largest absolute Gasteiger partial charge is 0.480 e. The normalized spacial score (nSPS) is 12.1. The minimum atomic E-state index is -1.06. The van der Waals surface area contributed by atoms with E-state index >= 15 is 0 Å². The average Bonchev–Trinajstić information content (AvgIpc) is 2.42. The molecule has 0 bridgehead atoms. The number of hydrogen-bond donors (Lipinski definition) is 2. The van der Waals surface area contributed by atoms with Crippen molar-refractivity contribution < 1.29 is 14.7 Å². The predicted octanol–water partition coefficient (Wildman–Crippen LogP) is 1.80. The zero-order chi connectivity index (χ0) is 15.1. The molecule has 0 aliphatic heterocycles. The van der Waals surface area contributed by atoms with E-state index in [1.807, 2.05) is 6.07 Å². The quantitative estimate of drug-likeness (QED) is 0.800. The van der Waals surface area contributed by atoms with E-state index in [-0.39, 0.29) is 5.92 Å². The number of benzene rings is 1. The van der Waals surface area contributed by atoms with E-state index in [0.717, 1.165) is 0 Å². The maximum Gasteiger partial charge on any atom is 0.326 e. The van der Waals surface area contributed by atoms with Crippen LogP contribution < -0.4 is 5.32 Å². The molecule has 2 N–H and O–H groups in total. The maximum atomic E-state index is 11.7. The molecule has 0 aromatic heterocycles. The van der Waals surface area contributed by atoms with Gasteiger partial charge in [0.2, 0.25) is 5.91 Å². The Balaban J connectivity index is 2.72. The number of aliphatic carboxylic acids is 1. The zero-order valence-corrected chi connectivity index (χ0v) is 11.3. The maximum absolute atomic E-state index is 11.7. The van der Waals surface area contributed by atoms with Crippen molar-refractivity contribution in [2.24, 2.45) is 5.92 Å². The Labute approximate surface area is 117 Å². The molecule has 1 atom stereocenters. The highest BCUT2D eigenvalue weighted by Crippen LogP contribution is 2.06. The van der Waals surface area contributed by atoms with E-state index < -0.39 is 17.9 Å². The average molecular weight is 272 g/mol. The predicted molar refractivity (Wildman–Crippen MR) is 74.6 cm³/mol. The van der Waals surface area contributed by atoms with E-state index in [9.17, 15) is 9.59 Å². The molecule has 0 aliphatic carbocycles. The van der Waals surface area contributed by atoms with Crippen molar-refractivity contribution in [3.63, 3.8) is 0 Å². The summed E-state index contributed by atoms with van der Waals surface area (Å²) in [6.07, 6.45) is 2.80. The van der Waals surface area contributed by atoms with Crippen molar-refractivity contribution in [3.05, 3.63) is 41.5 Å². The number of nitrogens with one attached hydrogen (secondary N) is 1. The Morgan fingerprint density at radius 2 is 2.10 bits per heavy atom. The summed E-state index contributed by atoms with van der Waals surface area (Å²) in [5, 5.41) is 20.2. The molecule has 0 aliphatic rings. The van der Waals surface area contributed by atoms with Crippen LogP contribution in [0.4, 0.5) is 0 Å². The van der Waals surface area contributed by atoms with Crippen molar-refractivity contribution in [1.29, 1.82) is 5.26 Å². The summed E-state index contributed by atoms with van der Waals surface area (Å²) in [6.45, 7) is 3.44. The fourth-order valence-electron chi connectivity index (χ4n) is 1.60. The number of nitrogens with zero attached hydrogens (tertiary/aromatic N) is 1. The Bertz CT molecular complexity index is 571. The fourth-order valence-corrected chi connectivity index (χ4v) is 1.60. The highest BCUT2D eigenvalue weighted by molar-refractivity contribution is 5.94. The second kappa shape index (κ2) is 7.10. The topological polar surface area (TPSA) is 90.2 Å². The molecule has 1 aromatic carbocycles. The van der Waals surface area contributed by atoms with Gasteiger partial charge in [0.25, 0.3) is 0 Å². The van der Waals surface area contributed by atoms with Gasteiger partial charge < -0.3 is 10.4 Å². The SMILES string of the molecule is CC(C)[C@H](NC(=O)/C=C/c1cccc(C#N)c1)C(=O)O. The molecule has 104 valence electrons. The molecule has 0 radical (unpaired) electrons. The summed E-state index contributed by atoms with van der Waals surface area (Å²) >= 11 is 0. The lowest BCUT2D eigenvalue weighted by atomic mass is 10.0. The van der Waals surface area contributed by atoms with E-state index in [1.54, 1.807) is 38.1 Å². The molecular weight excluding hydrogens is 256 g/mol. The van der Waals surface area contributed by atoms with Crippen LogP contribution in [0.15, 0.2) is 30.3 Å². The van der Waals surface area contributed by atoms with E-state index in [4.69, 9.17) is 10.4 Å². The molecule has 0 heterocycles. The molecule has 0 unspecified atom stereocenters. The van der Waals surface area contributed by atoms with Gasteiger partial charge >= 0.3 is 5.97 Å². The summed E-state index contributed by atoms with van der Waals surface area (Å²) in [7, 11) is 0. The molecular formula is C15H16N2O3. The summed E-state index contributed by atoms with van der Waals surface area (Å²) in [4.78, 5) is 22.6. The monoisotopic (exact) mass is 272 g/mol. The van der Waals surface area contributed by atoms with Gasteiger partial charge in [0, 0.05) is 6.08 Å². The van der Waals surface area contributed by atoms with Crippen LogP contribution in [0.5, 0.6) is 0 Å². The number of carboxylic acids is 1. The molecule has 1 aromatic rings. The van der Waals surface area contributed by atoms with E-state index in [0.29, 0.717) is 11.1 Å². The summed E-state index contributed by atoms with van der Waals surface area (Å²) in [5.74, 6) is -1.74. The number of amides is 1. The van der Waals surface area contributed by atoms with E-state index in [2.05, 4.69) is 5.32 Å². The van der Waals surface area contributed by atoms with Crippen molar-refractivity contribution >= 4 is 18.0 Å². The Morgan fingerprint density at radius 1 is 1.40 bits per heavy atom. The minimum Gasteiger partial charge on any atom is -0.480 e. The van der Waals surface area contributed by atoms with Gasteiger partial charge in [-0.05, 0) is 29.7 Å². The van der Waals surface area contributed by atoms with Crippen LogP contribution in [0.3, 0.4) is 0 Å². The minimum absolute atomic E-state index is 0.202. The number of nitriles is 1. The Hall–Kier alpha value is -2.61. The van der Waals surface area contributed by atoms with Gasteiger partial charge in [0.15, 0.2) is 0 Å². The first-order chi connectivity index (χ1) is 9.43. The molecule has 1 amide bonds. The molecule has 0 spiro atoms. The first-order valence-electron chi connectivity index (χ1n) is 6.15. The second-order valence-corrected chi connectivity index (χ2v) is 4.64. The van der Waals surface area contributed by atoms with Gasteiger partial charge in [-0.2, -0.15) is 5.26 Å². The third-order valence-corrected chi connectivity index (χ3v) is 2.67. The van der Waals surface area contributed by atoms with Crippen LogP contribution in [0.1, 0.15) is 25.0 Å². The number of rotatable bonds is 5. The lowest BCUT2D eigenvalue weighted by Gasteiger charge is -2.16. The highest BCUT2D eigenvalue weighted by atomic mass is 16.4. The Kier molecular flexibility index (Phi) is 5.48. The third-order valence-electron chi connectivity index (χ3n) is 2.67. The summed E-state index contributed by atoms with van der Waals surface area (Å²) < 4.78 is 0. The fraction of sp³-hybridized carbons (Fsp3) is 0.267. The lowest BCUT2D eigenvalue weighted by molar-refractivity contribution is -0.142. The summed E-state index contributed by atoms with van der Waals surface area (Å²) in [5.41, 5.74) is 1.20. The van der Waals surface area contributed by atoms with Crippen molar-refractivity contribution in [1.82, 2.24) is 5.32 Å². The molecule has 20 heavy (non-hydrogen) atoms. The first-order valence-corrected chi connectivity index (χ1v) is 6.15. The van der Waals surface area contributed by atoms with Gasteiger partial charge in [-0.3, -0.25) is 4.79 Å². The number of carbonyl (C=O) groups excluding carboxylic acids is 1. The van der Waals surface area contributed by atoms with Crippen LogP contribution >= 0.6 is 0 Å². The molecule has 0 saturated heterocycles. The van der Waals surface area contributed by atoms with Gasteiger partial charge in [-0.25, -0.2) is 4.79 Å². The molecule has 0 saturated carbocycles. The van der Waals surface area contributed by atoms with Gasteiger partial charge in [0.05, 0.1) is 11.6 Å². The molecule has 5 nitrogen and oxygen atoms in total. The second-order valence-electron chi connectivity index (χ2n) is 4.64. The highest BCUT2D eigenvalue weighted by Gasteiger charge is 2.22. The summed E-state index contributed by atoms with van der Waals surface area (Å²) in [6, 6.07) is 7.85. The zero-order valence-electron chi connectivity index (χ0n) is 11.3. The molecule has 1 rings (SSSR count). The first kappa shape index (κ1) is 15.4. The van der Waals surface area contributed by atoms with E-state index in [1.165, 1.54) is 12.2 Å². The molecule has 5 heteroatoms. The standard InChI is InChI=1S/C15H16N2O3/c1-10(2)14(15(19)20)17-13(18)7-6-11-4-3-5-12(8-11)9-16/h3-8,10,14H,1-2H3,(H,17,18)(H,19,20)/b7-6+/t14-/m0/s1. The van der Waals surface area contributed by atoms with Crippen LogP contribution in [-0.4, -0.2) is 23.0 Å². The Morgan fingerprint density at radius 3 is 2.65 bits per heavy atom. The van der Waals surface area contributed by atoms with Crippen molar-refractivity contribution in [2.45, 2.75) is 19.9 Å². The van der Waals surface area contributed by atoms with Gasteiger partial charge in [0.1, 0.15) is 6.04 Å². The van der Waals surface area contributed by atoms with Crippen LogP contribution in [0.25, 0.3) is 6.08 Å². The number of carboxylic acid groups (broad SMARTS) is 1. The van der Waals surface area contributed by atoms with Gasteiger partial charge in [-0.1, -0.05) is 26.0 Å². The van der Waals surface area contributed by atoms with Crippen molar-refractivity contribution in [3.8, 4) is 6.07 Å². The van der Waals surface area contributed by atoms with Crippen LogP contribution in [0.2, 0.25) is 0 Å².